The maximum absolute atomic E-state index is 12.3. The van der Waals surface area contributed by atoms with E-state index in [2.05, 4.69) is 10.5 Å². The number of ether oxygens (including phenoxy) is 3. The normalized spacial score (nSPS) is 10.5. The Balaban J connectivity index is 1.69. The molecule has 0 bridgehead atoms. The molecular weight excluding hydrogens is 384 g/mol. The minimum Gasteiger partial charge on any atom is -0.497 e. The Morgan fingerprint density at radius 2 is 1.57 bits per heavy atom. The average Bonchev–Trinajstić information content (AvgIpc) is 2.80. The molecule has 1 N–H and O–H groups in total. The first-order valence-electron chi connectivity index (χ1n) is 9.03. The number of benzene rings is 3. The first-order chi connectivity index (χ1) is 14.6. The number of carbonyl (C=O) groups excluding carboxylic acids is 2. The van der Waals surface area contributed by atoms with E-state index in [4.69, 9.17) is 14.2 Å². The molecule has 0 aliphatic heterocycles. The molecule has 7 nitrogen and oxygen atoms in total. The summed E-state index contributed by atoms with van der Waals surface area (Å²) in [5, 5.41) is 3.96. The third-order valence-electron chi connectivity index (χ3n) is 4.13. The van der Waals surface area contributed by atoms with Gasteiger partial charge in [-0.2, -0.15) is 5.10 Å². The molecule has 0 aliphatic rings. The zero-order chi connectivity index (χ0) is 21.3. The number of rotatable bonds is 7. The van der Waals surface area contributed by atoms with Crippen LogP contribution in [-0.4, -0.2) is 32.3 Å². The molecule has 3 aromatic rings. The Morgan fingerprint density at radius 1 is 0.833 bits per heavy atom. The third-order valence-corrected chi connectivity index (χ3v) is 4.13. The summed E-state index contributed by atoms with van der Waals surface area (Å²) in [6.07, 6.45) is 1.45. The molecule has 152 valence electrons. The van der Waals surface area contributed by atoms with E-state index in [0.29, 0.717) is 28.2 Å². The fourth-order valence-electron chi connectivity index (χ4n) is 2.56. The molecule has 0 radical (unpaired) electrons. The molecule has 0 fully saturated rings. The number of hydrogen-bond acceptors (Lipinski definition) is 6. The van der Waals surface area contributed by atoms with Crippen LogP contribution in [0.4, 0.5) is 0 Å². The highest BCUT2D eigenvalue weighted by atomic mass is 16.6. The molecule has 0 saturated heterocycles. The van der Waals surface area contributed by atoms with Gasteiger partial charge < -0.3 is 14.2 Å². The number of carbonyl (C=O) groups is 2. The molecule has 0 spiro atoms. The van der Waals surface area contributed by atoms with E-state index in [-0.39, 0.29) is 11.7 Å². The summed E-state index contributed by atoms with van der Waals surface area (Å²) in [7, 11) is 3.04. The lowest BCUT2D eigenvalue weighted by Gasteiger charge is -2.10. The van der Waals surface area contributed by atoms with Crippen molar-refractivity contribution in [3.05, 3.63) is 89.5 Å². The van der Waals surface area contributed by atoms with Crippen LogP contribution in [0.3, 0.4) is 0 Å². The van der Waals surface area contributed by atoms with E-state index < -0.39 is 5.97 Å². The van der Waals surface area contributed by atoms with Gasteiger partial charge in [0.15, 0.2) is 11.5 Å². The second-order valence-electron chi connectivity index (χ2n) is 6.09. The van der Waals surface area contributed by atoms with Crippen molar-refractivity contribution in [2.75, 3.05) is 14.2 Å². The number of nitrogens with one attached hydrogen (secondary N) is 1. The van der Waals surface area contributed by atoms with Crippen LogP contribution >= 0.6 is 0 Å². The Morgan fingerprint density at radius 3 is 2.23 bits per heavy atom. The summed E-state index contributed by atoms with van der Waals surface area (Å²) >= 11 is 0. The predicted molar refractivity (Wildman–Crippen MR) is 112 cm³/mol. The number of nitrogens with zero attached hydrogens (tertiary/aromatic N) is 1. The van der Waals surface area contributed by atoms with Gasteiger partial charge in [0.25, 0.3) is 5.91 Å². The van der Waals surface area contributed by atoms with Gasteiger partial charge in [-0.1, -0.05) is 18.2 Å². The van der Waals surface area contributed by atoms with Crippen LogP contribution in [0.2, 0.25) is 0 Å². The highest BCUT2D eigenvalue weighted by molar-refractivity contribution is 5.95. The number of esters is 1. The summed E-state index contributed by atoms with van der Waals surface area (Å²) in [6.45, 7) is 0. The summed E-state index contributed by atoms with van der Waals surface area (Å²) in [6, 6.07) is 20.3. The van der Waals surface area contributed by atoms with E-state index in [1.165, 1.54) is 13.3 Å². The lowest BCUT2D eigenvalue weighted by atomic mass is 10.2. The maximum atomic E-state index is 12.3. The van der Waals surface area contributed by atoms with Gasteiger partial charge in [0, 0.05) is 5.56 Å². The molecule has 30 heavy (non-hydrogen) atoms. The van der Waals surface area contributed by atoms with Crippen LogP contribution < -0.4 is 19.6 Å². The van der Waals surface area contributed by atoms with Crippen molar-refractivity contribution >= 4 is 18.1 Å². The van der Waals surface area contributed by atoms with Gasteiger partial charge in [0.05, 0.1) is 26.0 Å². The first-order valence-corrected chi connectivity index (χ1v) is 9.03. The Labute approximate surface area is 173 Å². The van der Waals surface area contributed by atoms with Crippen LogP contribution in [0.5, 0.6) is 17.2 Å². The second kappa shape index (κ2) is 9.88. The smallest absolute Gasteiger partial charge is 0.343 e. The largest absolute Gasteiger partial charge is 0.497 e. The molecule has 3 rings (SSSR count). The fourth-order valence-corrected chi connectivity index (χ4v) is 2.56. The van der Waals surface area contributed by atoms with Crippen molar-refractivity contribution in [2.24, 2.45) is 5.10 Å². The molecule has 0 saturated carbocycles. The van der Waals surface area contributed by atoms with E-state index in [9.17, 15) is 9.59 Å². The number of hydrazone groups is 1. The summed E-state index contributed by atoms with van der Waals surface area (Å²) < 4.78 is 15.8. The van der Waals surface area contributed by atoms with Gasteiger partial charge in [0.2, 0.25) is 0 Å². The van der Waals surface area contributed by atoms with E-state index in [0.717, 1.165) is 0 Å². The van der Waals surface area contributed by atoms with Crippen molar-refractivity contribution in [3.63, 3.8) is 0 Å². The first kappa shape index (κ1) is 20.6. The molecular formula is C23H20N2O5. The van der Waals surface area contributed by atoms with Gasteiger partial charge in [-0.25, -0.2) is 10.2 Å². The van der Waals surface area contributed by atoms with Crippen molar-refractivity contribution in [2.45, 2.75) is 0 Å². The quantitative estimate of drug-likeness (QED) is 0.281. The van der Waals surface area contributed by atoms with Crippen molar-refractivity contribution in [3.8, 4) is 17.2 Å². The van der Waals surface area contributed by atoms with Crippen LogP contribution in [0.1, 0.15) is 26.3 Å². The predicted octanol–water partition coefficient (Wildman–Crippen LogP) is 3.69. The molecule has 3 aromatic carbocycles. The zero-order valence-electron chi connectivity index (χ0n) is 16.5. The summed E-state index contributed by atoms with van der Waals surface area (Å²) in [5.41, 5.74) is 3.93. The van der Waals surface area contributed by atoms with E-state index in [1.54, 1.807) is 73.8 Å². The lowest BCUT2D eigenvalue weighted by molar-refractivity contribution is 0.0729. The third kappa shape index (κ3) is 5.23. The molecule has 0 aliphatic carbocycles. The number of amides is 1. The maximum Gasteiger partial charge on any atom is 0.343 e. The average molecular weight is 404 g/mol. The van der Waals surface area contributed by atoms with Gasteiger partial charge in [-0.3, -0.25) is 4.79 Å². The van der Waals surface area contributed by atoms with Crippen molar-refractivity contribution < 1.29 is 23.8 Å². The SMILES string of the molecule is COc1ccc(C(=O)N/N=C/c2ccc(OC)c(OC(=O)c3ccccc3)c2)cc1. The summed E-state index contributed by atoms with van der Waals surface area (Å²) in [5.74, 6) is 0.440. The minimum absolute atomic E-state index is 0.247. The van der Waals surface area contributed by atoms with Crippen molar-refractivity contribution in [1.82, 2.24) is 5.43 Å². The molecule has 0 unspecified atom stereocenters. The Hall–Kier alpha value is -4.13. The monoisotopic (exact) mass is 404 g/mol. The molecule has 0 heterocycles. The second-order valence-corrected chi connectivity index (χ2v) is 6.09. The molecule has 0 atom stereocenters. The topological polar surface area (TPSA) is 86.2 Å². The Bertz CT molecular complexity index is 1050. The fraction of sp³-hybridized carbons (Fsp3) is 0.0870. The standard InChI is InChI=1S/C23H20N2O5/c1-28-19-11-9-17(10-12-19)22(26)25-24-15-16-8-13-20(29-2)21(14-16)30-23(27)18-6-4-3-5-7-18/h3-15H,1-2H3,(H,25,26)/b24-15+. The molecule has 1 amide bonds. The molecule has 0 aromatic heterocycles. The van der Waals surface area contributed by atoms with Crippen LogP contribution in [0.25, 0.3) is 0 Å². The summed E-state index contributed by atoms with van der Waals surface area (Å²) in [4.78, 5) is 24.5. The zero-order valence-corrected chi connectivity index (χ0v) is 16.5. The van der Waals surface area contributed by atoms with Gasteiger partial charge in [-0.15, -0.1) is 0 Å². The van der Waals surface area contributed by atoms with E-state index >= 15 is 0 Å². The number of methoxy groups -OCH3 is 2. The van der Waals surface area contributed by atoms with E-state index in [1.807, 2.05) is 6.07 Å². The van der Waals surface area contributed by atoms with Gasteiger partial charge in [0.1, 0.15) is 5.75 Å². The van der Waals surface area contributed by atoms with Gasteiger partial charge >= 0.3 is 5.97 Å². The highest BCUT2D eigenvalue weighted by Crippen LogP contribution is 2.28. The Kier molecular flexibility index (Phi) is 6.78. The molecule has 7 heteroatoms. The minimum atomic E-state index is -0.504. The lowest BCUT2D eigenvalue weighted by Crippen LogP contribution is -2.17. The highest BCUT2D eigenvalue weighted by Gasteiger charge is 2.12. The number of hydrogen-bond donors (Lipinski definition) is 1. The van der Waals surface area contributed by atoms with Crippen molar-refractivity contribution in [1.29, 1.82) is 0 Å². The van der Waals surface area contributed by atoms with Crippen LogP contribution in [0.15, 0.2) is 77.9 Å². The van der Waals surface area contributed by atoms with Gasteiger partial charge in [-0.05, 0) is 60.2 Å². The van der Waals surface area contributed by atoms with Crippen LogP contribution in [0, 0.1) is 0 Å². The van der Waals surface area contributed by atoms with Crippen LogP contribution in [-0.2, 0) is 0 Å².